The molecule has 0 spiro atoms. The maximum absolute atomic E-state index is 13.0. The number of benzene rings is 1. The molecule has 150 valence electrons. The molecule has 0 aromatic heterocycles. The number of amides is 1. The Morgan fingerprint density at radius 2 is 1.67 bits per heavy atom. The summed E-state index contributed by atoms with van der Waals surface area (Å²) in [5, 5.41) is 0. The summed E-state index contributed by atoms with van der Waals surface area (Å²) in [4.78, 5) is 17.5. The van der Waals surface area contributed by atoms with Gasteiger partial charge in [0.1, 0.15) is 5.60 Å². The van der Waals surface area contributed by atoms with Gasteiger partial charge in [0.25, 0.3) is 0 Å². The van der Waals surface area contributed by atoms with E-state index < -0.39 is 5.60 Å². The minimum absolute atomic E-state index is 0.157. The number of piperidine rings is 1. The summed E-state index contributed by atoms with van der Waals surface area (Å²) < 4.78 is 11.3. The van der Waals surface area contributed by atoms with Gasteiger partial charge in [-0.3, -0.25) is 4.90 Å². The maximum atomic E-state index is 13.0. The Morgan fingerprint density at radius 1 is 1.07 bits per heavy atom. The molecule has 0 unspecified atom stereocenters. The van der Waals surface area contributed by atoms with Crippen LogP contribution in [-0.2, 0) is 16.0 Å². The van der Waals surface area contributed by atoms with Crippen molar-refractivity contribution in [1.82, 2.24) is 9.80 Å². The van der Waals surface area contributed by atoms with Crippen molar-refractivity contribution in [3.63, 3.8) is 0 Å². The van der Waals surface area contributed by atoms with Gasteiger partial charge in [-0.2, -0.15) is 0 Å². The lowest BCUT2D eigenvalue weighted by Crippen LogP contribution is -2.54. The van der Waals surface area contributed by atoms with E-state index in [1.54, 1.807) is 0 Å². The molecule has 0 N–H and O–H groups in total. The zero-order valence-electron chi connectivity index (χ0n) is 17.0. The van der Waals surface area contributed by atoms with Crippen LogP contribution >= 0.6 is 0 Å². The lowest BCUT2D eigenvalue weighted by Gasteiger charge is -2.43. The number of likely N-dealkylation sites (tertiary alicyclic amines) is 1. The second kappa shape index (κ2) is 9.07. The molecular weight excluding hydrogens is 340 g/mol. The van der Waals surface area contributed by atoms with Crippen LogP contribution in [0.1, 0.15) is 52.0 Å². The molecule has 2 heterocycles. The van der Waals surface area contributed by atoms with Gasteiger partial charge in [0.15, 0.2) is 0 Å². The van der Waals surface area contributed by atoms with E-state index in [0.29, 0.717) is 0 Å². The van der Waals surface area contributed by atoms with Gasteiger partial charge < -0.3 is 14.4 Å². The van der Waals surface area contributed by atoms with Gasteiger partial charge in [-0.15, -0.1) is 0 Å². The fourth-order valence-electron chi connectivity index (χ4n) is 4.07. The van der Waals surface area contributed by atoms with Crippen LogP contribution in [0, 0.1) is 0 Å². The molecule has 2 saturated heterocycles. The molecule has 0 aliphatic carbocycles. The fourth-order valence-corrected chi connectivity index (χ4v) is 4.07. The molecule has 5 nitrogen and oxygen atoms in total. The van der Waals surface area contributed by atoms with Crippen molar-refractivity contribution in [3.05, 3.63) is 35.9 Å². The monoisotopic (exact) mass is 374 g/mol. The first-order valence-electron chi connectivity index (χ1n) is 10.3. The highest BCUT2D eigenvalue weighted by atomic mass is 16.6. The molecule has 3 rings (SSSR count). The summed E-state index contributed by atoms with van der Waals surface area (Å²) in [7, 11) is 0. The van der Waals surface area contributed by atoms with Gasteiger partial charge in [-0.1, -0.05) is 30.3 Å². The SMILES string of the molecule is CC(C)(C)OC(=O)N(C1CCOCC1)C1CCN(Cc2ccccc2)CC1. The predicted molar refractivity (Wildman–Crippen MR) is 107 cm³/mol. The highest BCUT2D eigenvalue weighted by molar-refractivity contribution is 5.69. The number of hydrogen-bond acceptors (Lipinski definition) is 4. The number of carbonyl (C=O) groups excluding carboxylic acids is 1. The van der Waals surface area contributed by atoms with Crippen molar-refractivity contribution in [2.75, 3.05) is 26.3 Å². The van der Waals surface area contributed by atoms with Crippen molar-refractivity contribution in [1.29, 1.82) is 0 Å². The first kappa shape index (κ1) is 20.2. The van der Waals surface area contributed by atoms with Gasteiger partial charge in [-0.25, -0.2) is 4.79 Å². The Balaban J connectivity index is 1.62. The topological polar surface area (TPSA) is 42.0 Å². The zero-order valence-corrected chi connectivity index (χ0v) is 17.0. The van der Waals surface area contributed by atoms with E-state index in [0.717, 1.165) is 58.5 Å². The summed E-state index contributed by atoms with van der Waals surface area (Å²) in [5.41, 5.74) is 0.887. The van der Waals surface area contributed by atoms with Crippen molar-refractivity contribution in [2.45, 2.75) is 70.7 Å². The van der Waals surface area contributed by atoms with Gasteiger partial charge in [-0.05, 0) is 52.0 Å². The summed E-state index contributed by atoms with van der Waals surface area (Å²) in [6.07, 6.45) is 3.66. The molecule has 1 aromatic rings. The third-order valence-corrected chi connectivity index (χ3v) is 5.39. The third kappa shape index (κ3) is 5.94. The van der Waals surface area contributed by atoms with Gasteiger partial charge in [0.2, 0.25) is 0 Å². The van der Waals surface area contributed by atoms with E-state index in [-0.39, 0.29) is 18.2 Å². The highest BCUT2D eigenvalue weighted by Crippen LogP contribution is 2.26. The lowest BCUT2D eigenvalue weighted by molar-refractivity contribution is -0.0274. The third-order valence-electron chi connectivity index (χ3n) is 5.39. The minimum atomic E-state index is -0.464. The largest absolute Gasteiger partial charge is 0.444 e. The average molecular weight is 375 g/mol. The Morgan fingerprint density at radius 3 is 2.26 bits per heavy atom. The summed E-state index contributed by atoms with van der Waals surface area (Å²) in [6.45, 7) is 10.3. The molecule has 2 aliphatic heterocycles. The average Bonchev–Trinajstić information content (AvgIpc) is 2.64. The molecule has 0 radical (unpaired) electrons. The molecule has 0 bridgehead atoms. The fraction of sp³-hybridized carbons (Fsp3) is 0.682. The Bertz CT molecular complexity index is 585. The van der Waals surface area contributed by atoms with E-state index in [1.165, 1.54) is 5.56 Å². The van der Waals surface area contributed by atoms with Gasteiger partial charge >= 0.3 is 6.09 Å². The standard InChI is InChI=1S/C22H34N2O3/c1-22(2,3)27-21(25)24(20-11-15-26-16-12-20)19-9-13-23(14-10-19)17-18-7-5-4-6-8-18/h4-8,19-20H,9-17H2,1-3H3. The molecule has 5 heteroatoms. The van der Waals surface area contributed by atoms with Crippen molar-refractivity contribution >= 4 is 6.09 Å². The van der Waals surface area contributed by atoms with E-state index >= 15 is 0 Å². The molecular formula is C22H34N2O3. The first-order valence-corrected chi connectivity index (χ1v) is 10.3. The van der Waals surface area contributed by atoms with E-state index in [9.17, 15) is 4.79 Å². The normalized spacial score (nSPS) is 20.4. The summed E-state index contributed by atoms with van der Waals surface area (Å²) >= 11 is 0. The number of rotatable bonds is 4. The molecule has 2 fully saturated rings. The minimum Gasteiger partial charge on any atom is -0.444 e. The molecule has 2 aliphatic rings. The van der Waals surface area contributed by atoms with Crippen LogP contribution in [0.4, 0.5) is 4.79 Å². The van der Waals surface area contributed by atoms with Crippen LogP contribution in [0.25, 0.3) is 0 Å². The summed E-state index contributed by atoms with van der Waals surface area (Å²) in [5.74, 6) is 0. The maximum Gasteiger partial charge on any atom is 0.410 e. The number of hydrogen-bond donors (Lipinski definition) is 0. The van der Waals surface area contributed by atoms with E-state index in [2.05, 4.69) is 35.2 Å². The van der Waals surface area contributed by atoms with E-state index in [4.69, 9.17) is 9.47 Å². The molecule has 27 heavy (non-hydrogen) atoms. The van der Waals surface area contributed by atoms with E-state index in [1.807, 2.05) is 25.7 Å². The van der Waals surface area contributed by atoms with Crippen molar-refractivity contribution < 1.29 is 14.3 Å². The molecule has 1 aromatic carbocycles. The Labute approximate surface area is 163 Å². The van der Waals surface area contributed by atoms with Gasteiger partial charge in [0, 0.05) is 44.9 Å². The van der Waals surface area contributed by atoms with Crippen LogP contribution in [0.15, 0.2) is 30.3 Å². The van der Waals surface area contributed by atoms with Crippen LogP contribution in [0.3, 0.4) is 0 Å². The second-order valence-electron chi connectivity index (χ2n) is 8.72. The van der Waals surface area contributed by atoms with Gasteiger partial charge in [0.05, 0.1) is 0 Å². The first-order chi connectivity index (χ1) is 12.9. The van der Waals surface area contributed by atoms with Crippen molar-refractivity contribution in [2.24, 2.45) is 0 Å². The van der Waals surface area contributed by atoms with Crippen LogP contribution in [0.2, 0.25) is 0 Å². The molecule has 0 atom stereocenters. The number of ether oxygens (including phenoxy) is 2. The Kier molecular flexibility index (Phi) is 6.77. The number of carbonyl (C=O) groups is 1. The molecule has 1 amide bonds. The van der Waals surface area contributed by atoms with Crippen LogP contribution < -0.4 is 0 Å². The molecule has 0 saturated carbocycles. The van der Waals surface area contributed by atoms with Crippen LogP contribution in [-0.4, -0.2) is 59.9 Å². The van der Waals surface area contributed by atoms with Crippen LogP contribution in [0.5, 0.6) is 0 Å². The lowest BCUT2D eigenvalue weighted by atomic mass is 9.98. The zero-order chi connectivity index (χ0) is 19.3. The second-order valence-corrected chi connectivity index (χ2v) is 8.72. The van der Waals surface area contributed by atoms with Crippen molar-refractivity contribution in [3.8, 4) is 0 Å². The number of nitrogens with zero attached hydrogens (tertiary/aromatic N) is 2. The Hall–Kier alpha value is -1.59. The summed E-state index contributed by atoms with van der Waals surface area (Å²) in [6, 6.07) is 11.1. The highest BCUT2D eigenvalue weighted by Gasteiger charge is 2.36. The smallest absolute Gasteiger partial charge is 0.410 e. The predicted octanol–water partition coefficient (Wildman–Crippen LogP) is 4.07. The quantitative estimate of drug-likeness (QED) is 0.797.